The van der Waals surface area contributed by atoms with Gasteiger partial charge in [0.15, 0.2) is 11.6 Å². The van der Waals surface area contributed by atoms with Crippen LogP contribution in [0.25, 0.3) is 6.08 Å². The van der Waals surface area contributed by atoms with Crippen LogP contribution in [-0.2, 0) is 6.18 Å². The van der Waals surface area contributed by atoms with E-state index in [1.807, 2.05) is 13.8 Å². The first-order valence-electron chi connectivity index (χ1n) is 9.10. The van der Waals surface area contributed by atoms with Crippen molar-refractivity contribution in [2.75, 3.05) is 10.7 Å². The minimum absolute atomic E-state index is 0.0847. The Bertz CT molecular complexity index is 1160. The van der Waals surface area contributed by atoms with E-state index in [2.05, 4.69) is 20.7 Å². The first-order valence-corrected chi connectivity index (χ1v) is 9.92. The summed E-state index contributed by atoms with van der Waals surface area (Å²) in [5.74, 6) is 0.444. The normalized spacial score (nSPS) is 15.6. The van der Waals surface area contributed by atoms with Crippen LogP contribution in [-0.4, -0.2) is 20.6 Å². The maximum Gasteiger partial charge on any atom is 0.416 e. The third-order valence-corrected chi connectivity index (χ3v) is 5.62. The first kappa shape index (κ1) is 20.1. The second kappa shape index (κ2) is 7.28. The summed E-state index contributed by atoms with van der Waals surface area (Å²) in [6.45, 7) is 5.34. The monoisotopic (exact) mass is 433 g/mol. The lowest BCUT2D eigenvalue weighted by molar-refractivity contribution is -0.138. The highest BCUT2D eigenvalue weighted by Crippen LogP contribution is 2.36. The van der Waals surface area contributed by atoms with E-state index >= 15 is 0 Å². The molecule has 1 aliphatic rings. The molecular weight excluding hydrogens is 415 g/mol. The van der Waals surface area contributed by atoms with E-state index in [0.29, 0.717) is 23.0 Å². The summed E-state index contributed by atoms with van der Waals surface area (Å²) in [5.41, 5.74) is 3.24. The summed E-state index contributed by atoms with van der Waals surface area (Å²) in [4.78, 5) is 22.1. The number of hydrogen-bond acceptors (Lipinski definition) is 5. The van der Waals surface area contributed by atoms with E-state index in [0.717, 1.165) is 16.0 Å². The molecule has 1 atom stereocenters. The van der Waals surface area contributed by atoms with Crippen molar-refractivity contribution in [3.05, 3.63) is 68.6 Å². The molecular formula is C20H18F3N5OS. The summed E-state index contributed by atoms with van der Waals surface area (Å²) in [6, 6.07) is 4.65. The van der Waals surface area contributed by atoms with E-state index in [4.69, 9.17) is 0 Å². The van der Waals surface area contributed by atoms with Gasteiger partial charge in [-0.15, -0.1) is 11.3 Å². The summed E-state index contributed by atoms with van der Waals surface area (Å²) in [5, 5.41) is 3.57. The van der Waals surface area contributed by atoms with Gasteiger partial charge in [-0.1, -0.05) is 24.3 Å². The van der Waals surface area contributed by atoms with Crippen molar-refractivity contribution >= 4 is 29.1 Å². The molecule has 2 N–H and O–H groups in total. The molecule has 3 heterocycles. The predicted octanol–water partition coefficient (Wildman–Crippen LogP) is 4.85. The van der Waals surface area contributed by atoms with Gasteiger partial charge in [-0.25, -0.2) is 14.6 Å². The Morgan fingerprint density at radius 3 is 2.60 bits per heavy atom. The van der Waals surface area contributed by atoms with Crippen LogP contribution in [0.1, 0.15) is 49.1 Å². The molecule has 0 saturated heterocycles. The number of carbonyl (C=O) groups is 1. The maximum absolute atomic E-state index is 13.4. The Kier molecular flexibility index (Phi) is 4.89. The first-order chi connectivity index (χ1) is 14.1. The van der Waals surface area contributed by atoms with Gasteiger partial charge in [-0.05, 0) is 38.5 Å². The Labute approximate surface area is 174 Å². The van der Waals surface area contributed by atoms with Gasteiger partial charge in [0.25, 0.3) is 5.91 Å². The van der Waals surface area contributed by atoms with Crippen LogP contribution in [0.15, 0.2) is 30.3 Å². The van der Waals surface area contributed by atoms with Gasteiger partial charge in [-0.2, -0.15) is 13.2 Å². The van der Waals surface area contributed by atoms with E-state index < -0.39 is 23.7 Å². The predicted molar refractivity (Wildman–Crippen MR) is 109 cm³/mol. The number of nitrogens with one attached hydrogen (secondary N) is 2. The average molecular weight is 433 g/mol. The molecule has 0 radical (unpaired) electrons. The van der Waals surface area contributed by atoms with Crippen LogP contribution in [0, 0.1) is 20.8 Å². The molecule has 0 aliphatic carbocycles. The highest BCUT2D eigenvalue weighted by atomic mass is 32.1. The fraction of sp³-hybridized carbons (Fsp3) is 0.250. The number of halogens is 3. The van der Waals surface area contributed by atoms with Gasteiger partial charge in [0, 0.05) is 4.88 Å². The van der Waals surface area contributed by atoms with Crippen LogP contribution < -0.4 is 10.7 Å². The smallest absolute Gasteiger partial charge is 0.311 e. The zero-order valence-electron chi connectivity index (χ0n) is 16.3. The molecule has 0 fully saturated rings. The lowest BCUT2D eigenvalue weighted by Crippen LogP contribution is -2.28. The molecule has 1 unspecified atom stereocenters. The minimum Gasteiger partial charge on any atom is -0.311 e. The lowest BCUT2D eigenvalue weighted by atomic mass is 9.99. The number of imidazole rings is 1. The van der Waals surface area contributed by atoms with Crippen LogP contribution in [0.3, 0.4) is 0 Å². The number of hydrogen-bond donors (Lipinski definition) is 2. The fourth-order valence-electron chi connectivity index (χ4n) is 3.41. The number of fused-ring (bicyclic) bond motifs is 1. The molecule has 1 amide bonds. The van der Waals surface area contributed by atoms with Crippen LogP contribution in [0.2, 0.25) is 0 Å². The van der Waals surface area contributed by atoms with Gasteiger partial charge in [-0.3, -0.25) is 4.79 Å². The van der Waals surface area contributed by atoms with Crippen molar-refractivity contribution in [2.24, 2.45) is 0 Å². The number of rotatable bonds is 3. The topological polar surface area (TPSA) is 71.8 Å². The van der Waals surface area contributed by atoms with E-state index in [9.17, 15) is 18.0 Å². The average Bonchev–Trinajstić information content (AvgIpc) is 3.19. The Hall–Kier alpha value is -3.14. The largest absolute Gasteiger partial charge is 0.416 e. The zero-order valence-corrected chi connectivity index (χ0v) is 17.1. The van der Waals surface area contributed by atoms with E-state index in [-0.39, 0.29) is 5.56 Å². The van der Waals surface area contributed by atoms with Crippen LogP contribution in [0.4, 0.5) is 19.0 Å². The van der Waals surface area contributed by atoms with Gasteiger partial charge < -0.3 is 10.7 Å². The van der Waals surface area contributed by atoms with Crippen molar-refractivity contribution in [3.8, 4) is 0 Å². The third kappa shape index (κ3) is 3.58. The Morgan fingerprint density at radius 1 is 1.20 bits per heavy atom. The number of anilines is 1. The minimum atomic E-state index is -4.48. The van der Waals surface area contributed by atoms with Crippen molar-refractivity contribution in [3.63, 3.8) is 0 Å². The molecule has 0 spiro atoms. The van der Waals surface area contributed by atoms with Gasteiger partial charge in [0.1, 0.15) is 5.69 Å². The van der Waals surface area contributed by atoms with Crippen molar-refractivity contribution < 1.29 is 18.0 Å². The second-order valence-electron chi connectivity index (χ2n) is 6.88. The van der Waals surface area contributed by atoms with Crippen LogP contribution >= 0.6 is 11.3 Å². The molecule has 1 aromatic carbocycles. The number of alkyl halides is 3. The maximum atomic E-state index is 13.4. The van der Waals surface area contributed by atoms with Gasteiger partial charge >= 0.3 is 6.18 Å². The molecule has 0 bridgehead atoms. The van der Waals surface area contributed by atoms with E-state index in [1.54, 1.807) is 25.1 Å². The zero-order chi connectivity index (χ0) is 21.6. The molecule has 6 nitrogen and oxygen atoms in total. The number of benzene rings is 1. The van der Waals surface area contributed by atoms with E-state index in [1.165, 1.54) is 28.1 Å². The lowest BCUT2D eigenvalue weighted by Gasteiger charge is -2.26. The molecule has 156 valence electrons. The summed E-state index contributed by atoms with van der Waals surface area (Å²) in [6.07, 6.45) is -1.23. The number of aromatic nitrogens is 3. The summed E-state index contributed by atoms with van der Waals surface area (Å²) in [7, 11) is 0. The summed E-state index contributed by atoms with van der Waals surface area (Å²) < 4.78 is 41.8. The second-order valence-corrected chi connectivity index (χ2v) is 8.29. The number of carbonyl (C=O) groups excluding carboxylic acids is 1. The highest BCUT2D eigenvalue weighted by Gasteiger charge is 2.35. The number of thiazole rings is 1. The molecule has 0 saturated carbocycles. The SMILES string of the molecule is Cc1nc(C(=O)Nc2c(C)nc3n2NC(c2ccccc2C(F)(F)F)C=C3)c(C)s1. The van der Waals surface area contributed by atoms with Crippen molar-refractivity contribution in [1.82, 2.24) is 14.6 Å². The van der Waals surface area contributed by atoms with Crippen LogP contribution in [0.5, 0.6) is 0 Å². The molecule has 2 aromatic heterocycles. The van der Waals surface area contributed by atoms with Crippen molar-refractivity contribution in [1.29, 1.82) is 0 Å². The quantitative estimate of drug-likeness (QED) is 0.620. The number of amides is 1. The molecule has 4 rings (SSSR count). The third-order valence-electron chi connectivity index (χ3n) is 4.74. The van der Waals surface area contributed by atoms with Gasteiger partial charge in [0.05, 0.1) is 22.3 Å². The molecule has 1 aliphatic heterocycles. The van der Waals surface area contributed by atoms with Crippen molar-refractivity contribution in [2.45, 2.75) is 33.0 Å². The number of nitrogens with zero attached hydrogens (tertiary/aromatic N) is 3. The Morgan fingerprint density at radius 2 is 1.93 bits per heavy atom. The van der Waals surface area contributed by atoms with Gasteiger partial charge in [0.2, 0.25) is 0 Å². The molecule has 3 aromatic rings. The fourth-order valence-corrected chi connectivity index (χ4v) is 4.23. The highest BCUT2D eigenvalue weighted by molar-refractivity contribution is 7.11. The Balaban J connectivity index is 1.67. The molecule has 10 heteroatoms. The number of aryl methyl sites for hydroxylation is 3. The summed E-state index contributed by atoms with van der Waals surface area (Å²) >= 11 is 1.42. The standard InChI is InChI=1S/C20H18F3N5OS/c1-10-18(26-19(29)17-11(2)30-12(3)25-17)28-16(24-10)9-8-15(27-28)13-6-4-5-7-14(13)20(21,22)23/h4-9,15,27H,1-3H3,(H,26,29). The molecule has 30 heavy (non-hydrogen) atoms.